The first-order chi connectivity index (χ1) is 6.35. The predicted octanol–water partition coefficient (Wildman–Crippen LogP) is -1.96. The van der Waals surface area contributed by atoms with Gasteiger partial charge in [-0.3, -0.25) is 0 Å². The molecule has 0 aliphatic heterocycles. The van der Waals surface area contributed by atoms with Gasteiger partial charge in [0.1, 0.15) is 0 Å². The molecule has 0 fully saturated rings. The van der Waals surface area contributed by atoms with Gasteiger partial charge in [0.05, 0.1) is 0 Å². The van der Waals surface area contributed by atoms with Crippen molar-refractivity contribution in [3.05, 3.63) is 20.0 Å². The molecule has 82 valence electrons. The molecule has 0 aliphatic rings. The van der Waals surface area contributed by atoms with E-state index in [4.69, 9.17) is 14.0 Å². The van der Waals surface area contributed by atoms with E-state index in [2.05, 4.69) is 33.5 Å². The van der Waals surface area contributed by atoms with Gasteiger partial charge in [-0.1, -0.05) is 0 Å². The third-order valence-corrected chi connectivity index (χ3v) is 1.34. The van der Waals surface area contributed by atoms with Gasteiger partial charge in [-0.2, -0.15) is 0 Å². The smallest absolute Gasteiger partial charge is 0 e. The molecule has 0 atom stereocenters. The molecule has 0 aromatic rings. The van der Waals surface area contributed by atoms with Crippen molar-refractivity contribution in [2.24, 2.45) is 0 Å². The van der Waals surface area contributed by atoms with E-state index < -0.39 is 8.60 Å². The molecule has 0 aliphatic carbocycles. The first-order valence-electron chi connectivity index (χ1n) is 2.38. The van der Waals surface area contributed by atoms with Gasteiger partial charge < -0.3 is 13.6 Å². The van der Waals surface area contributed by atoms with Crippen LogP contribution in [-0.4, -0.2) is 21.3 Å². The minimum atomic E-state index is -1.05. The molecule has 0 amide bonds. The van der Waals surface area contributed by atoms with Crippen molar-refractivity contribution < 1.29 is 96.0 Å². The summed E-state index contributed by atoms with van der Waals surface area (Å²) in [7, 11) is 3.57. The van der Waals surface area contributed by atoms with Crippen molar-refractivity contribution in [2.75, 3.05) is 21.3 Å². The van der Waals surface area contributed by atoms with E-state index in [9.17, 15) is 0 Å². The van der Waals surface area contributed by atoms with Gasteiger partial charge in [-0.25, -0.2) is 0 Å². The van der Waals surface area contributed by atoms with Crippen molar-refractivity contribution >= 4 is 8.60 Å². The average molecular weight is 303 g/mol. The standard InChI is InChI=1S/C3H9O3P.3CO.Fe.K/c1-4-7(5-2)6-3;3*1-2;;/h1-3H3;;;;;/q;;;;;+1. The van der Waals surface area contributed by atoms with Crippen LogP contribution in [0.5, 0.6) is 0 Å². The van der Waals surface area contributed by atoms with Crippen LogP contribution in [0.25, 0.3) is 0 Å². The van der Waals surface area contributed by atoms with Crippen molar-refractivity contribution in [1.29, 1.82) is 0 Å². The Bertz CT molecular complexity index is 107. The van der Waals surface area contributed by atoms with Crippen LogP contribution in [0.2, 0.25) is 0 Å². The molecule has 0 spiro atoms. The zero-order valence-corrected chi connectivity index (χ0v) is 13.9. The molecule has 0 unspecified atom stereocenters. The monoisotopic (exact) mass is 303 g/mol. The summed E-state index contributed by atoms with van der Waals surface area (Å²) in [6.07, 6.45) is 0. The van der Waals surface area contributed by atoms with Gasteiger partial charge in [0, 0.05) is 38.4 Å². The average Bonchev–Trinajstić information content (AvgIpc) is 2.29. The maximum atomic E-state index is 7.50. The van der Waals surface area contributed by atoms with E-state index in [1.54, 1.807) is 21.3 Å². The summed E-state index contributed by atoms with van der Waals surface area (Å²) in [5.41, 5.74) is 0. The Morgan fingerprint density at radius 1 is 0.733 bits per heavy atom. The first kappa shape index (κ1) is 36.0. The van der Waals surface area contributed by atoms with E-state index in [0.717, 1.165) is 0 Å². The van der Waals surface area contributed by atoms with Crippen molar-refractivity contribution in [3.8, 4) is 0 Å². The normalized spacial score (nSPS) is 5.20. The summed E-state index contributed by atoms with van der Waals surface area (Å²) in [5.74, 6) is 0. The predicted molar refractivity (Wildman–Crippen MR) is 39.7 cm³/mol. The molecular weight excluding hydrogens is 294 g/mol. The minimum Gasteiger partial charge on any atom is 0 e. The van der Waals surface area contributed by atoms with E-state index in [1.165, 1.54) is 0 Å². The van der Waals surface area contributed by atoms with Crippen molar-refractivity contribution in [2.45, 2.75) is 0 Å². The third kappa shape index (κ3) is 49.7. The summed E-state index contributed by atoms with van der Waals surface area (Å²) >= 11 is 0. The third-order valence-electron chi connectivity index (χ3n) is 0.447. The Hall–Kier alpha value is 1.69. The van der Waals surface area contributed by atoms with Crippen molar-refractivity contribution in [3.63, 3.8) is 0 Å². The summed E-state index contributed by atoms with van der Waals surface area (Å²) < 4.78 is 36.5. The fraction of sp³-hybridized carbons (Fsp3) is 0.500. The van der Waals surface area contributed by atoms with Crippen LogP contribution in [0.15, 0.2) is 0 Å². The van der Waals surface area contributed by atoms with E-state index in [0.29, 0.717) is 0 Å². The van der Waals surface area contributed by atoms with Crippen LogP contribution in [0, 0.1) is 20.0 Å². The Morgan fingerprint density at radius 2 is 0.867 bits per heavy atom. The first-order valence-corrected chi connectivity index (χ1v) is 3.48. The van der Waals surface area contributed by atoms with E-state index in [-0.39, 0.29) is 68.5 Å². The minimum absolute atomic E-state index is 0. The van der Waals surface area contributed by atoms with E-state index in [1.807, 2.05) is 0 Å². The van der Waals surface area contributed by atoms with Crippen LogP contribution in [0.3, 0.4) is 0 Å². The second kappa shape index (κ2) is 57.3. The Kier molecular flexibility index (Phi) is 137. The van der Waals surface area contributed by atoms with Crippen LogP contribution < -0.4 is 51.4 Å². The fourth-order valence-corrected chi connectivity index (χ4v) is 0.671. The SMILES string of the molecule is COP(OC)OC.[C-]#[O+].[C-]#[O+].[C-]#[O+].[Fe].[K+]. The molecule has 0 saturated carbocycles. The summed E-state index contributed by atoms with van der Waals surface area (Å²) in [6, 6.07) is 0. The number of hydrogen-bond donors (Lipinski definition) is 0. The van der Waals surface area contributed by atoms with Gasteiger partial charge in [-0.05, 0) is 0 Å². The van der Waals surface area contributed by atoms with Gasteiger partial charge in [0.2, 0.25) is 0 Å². The number of rotatable bonds is 3. The van der Waals surface area contributed by atoms with E-state index >= 15 is 0 Å². The molecule has 0 rings (SSSR count). The molecule has 0 bridgehead atoms. The van der Waals surface area contributed by atoms with Gasteiger partial charge in [0.15, 0.2) is 0 Å². The Morgan fingerprint density at radius 3 is 0.867 bits per heavy atom. The second-order valence-electron chi connectivity index (χ2n) is 0.771. The largest absolute Gasteiger partial charge is 1.00 e. The maximum Gasteiger partial charge on any atom is 1.00 e. The van der Waals surface area contributed by atoms with Crippen LogP contribution in [0.4, 0.5) is 0 Å². The molecule has 0 N–H and O–H groups in total. The van der Waals surface area contributed by atoms with Crippen LogP contribution in [0.1, 0.15) is 0 Å². The molecule has 0 saturated heterocycles. The fourth-order valence-electron chi connectivity index (χ4n) is 0.224. The second-order valence-corrected chi connectivity index (χ2v) is 2.31. The summed E-state index contributed by atoms with van der Waals surface area (Å²) in [4.78, 5) is 0. The molecule has 0 radical (unpaired) electrons. The molecule has 0 aromatic carbocycles. The van der Waals surface area contributed by atoms with Crippen molar-refractivity contribution in [1.82, 2.24) is 0 Å². The molecule has 0 heterocycles. The molecular formula is C6H9FeKO6P+. The Balaban J connectivity index is -0.0000000221. The molecule has 15 heavy (non-hydrogen) atoms. The van der Waals surface area contributed by atoms with Gasteiger partial charge >= 0.3 is 93.9 Å². The Labute approximate surface area is 144 Å². The number of hydrogen-bond acceptors (Lipinski definition) is 3. The zero-order valence-electron chi connectivity index (χ0n) is 8.75. The van der Waals surface area contributed by atoms with Gasteiger partial charge in [-0.15, -0.1) is 0 Å². The summed E-state index contributed by atoms with van der Waals surface area (Å²) in [5, 5.41) is 0. The topological polar surface area (TPSA) is 87.4 Å². The maximum absolute atomic E-state index is 7.50. The van der Waals surface area contributed by atoms with Crippen LogP contribution >= 0.6 is 8.60 Å². The summed E-state index contributed by atoms with van der Waals surface area (Å²) in [6.45, 7) is 13.5. The van der Waals surface area contributed by atoms with Crippen LogP contribution in [-0.2, 0) is 44.6 Å². The van der Waals surface area contributed by atoms with Gasteiger partial charge in [0.25, 0.3) is 0 Å². The quantitative estimate of drug-likeness (QED) is 0.262. The molecule has 9 heteroatoms. The molecule has 6 nitrogen and oxygen atoms in total. The molecule has 0 aromatic heterocycles. The zero-order chi connectivity index (χ0) is 11.7.